The van der Waals surface area contributed by atoms with Gasteiger partial charge < -0.3 is 15.4 Å². The van der Waals surface area contributed by atoms with E-state index in [-0.39, 0.29) is 30.9 Å². The minimum absolute atomic E-state index is 0.0637. The van der Waals surface area contributed by atoms with E-state index in [9.17, 15) is 9.59 Å². The number of nitrogens with one attached hydrogen (secondary N) is 2. The predicted octanol–water partition coefficient (Wildman–Crippen LogP) is 3.32. The van der Waals surface area contributed by atoms with E-state index in [1.54, 1.807) is 43.3 Å². The molecule has 6 nitrogen and oxygen atoms in total. The lowest BCUT2D eigenvalue weighted by Crippen LogP contribution is -2.39. The van der Waals surface area contributed by atoms with Gasteiger partial charge in [0.25, 0.3) is 0 Å². The molecule has 0 fully saturated rings. The zero-order chi connectivity index (χ0) is 21.5. The van der Waals surface area contributed by atoms with Gasteiger partial charge in [-0.3, -0.25) is 14.5 Å². The Morgan fingerprint density at radius 2 is 1.67 bits per heavy atom. The summed E-state index contributed by atoms with van der Waals surface area (Å²) in [4.78, 5) is 26.4. The van der Waals surface area contributed by atoms with Crippen molar-refractivity contribution in [1.29, 1.82) is 0 Å². The van der Waals surface area contributed by atoms with Crippen molar-refractivity contribution in [2.75, 3.05) is 32.6 Å². The topological polar surface area (TPSA) is 70.7 Å². The Morgan fingerprint density at radius 1 is 1.00 bits per heavy atom. The van der Waals surface area contributed by atoms with Crippen LogP contribution in [0.3, 0.4) is 0 Å². The number of likely N-dealkylation sites (N-methyl/N-ethyl adjacent to an activating group) is 1. The first-order chi connectivity index (χ1) is 14.4. The van der Waals surface area contributed by atoms with Gasteiger partial charge in [0, 0.05) is 5.69 Å². The quantitative estimate of drug-likeness (QED) is 0.702. The van der Waals surface area contributed by atoms with Crippen LogP contribution < -0.4 is 15.4 Å². The fourth-order valence-electron chi connectivity index (χ4n) is 3.81. The molecular formula is C24H31N3O3. The van der Waals surface area contributed by atoms with E-state index < -0.39 is 0 Å². The van der Waals surface area contributed by atoms with Crippen LogP contribution in [0.15, 0.2) is 42.5 Å². The van der Waals surface area contributed by atoms with Gasteiger partial charge in [0.05, 0.1) is 26.2 Å². The lowest BCUT2D eigenvalue weighted by molar-refractivity contribution is -0.123. The highest BCUT2D eigenvalue weighted by Gasteiger charge is 2.16. The van der Waals surface area contributed by atoms with Crippen LogP contribution in [0.2, 0.25) is 0 Å². The maximum absolute atomic E-state index is 12.4. The Morgan fingerprint density at radius 3 is 2.37 bits per heavy atom. The summed E-state index contributed by atoms with van der Waals surface area (Å²) in [5.41, 5.74) is 4.67. The highest BCUT2D eigenvalue weighted by atomic mass is 16.5. The van der Waals surface area contributed by atoms with Crippen LogP contribution >= 0.6 is 0 Å². The molecule has 0 spiro atoms. The Balaban J connectivity index is 1.45. The van der Waals surface area contributed by atoms with Gasteiger partial charge in [-0.15, -0.1) is 0 Å². The smallest absolute Gasteiger partial charge is 0.238 e. The first-order valence-electron chi connectivity index (χ1n) is 10.5. The van der Waals surface area contributed by atoms with Gasteiger partial charge in [-0.1, -0.05) is 18.2 Å². The largest absolute Gasteiger partial charge is 0.497 e. The summed E-state index contributed by atoms with van der Waals surface area (Å²) in [6.07, 6.45) is 4.77. The molecule has 0 saturated heterocycles. The lowest BCUT2D eigenvalue weighted by atomic mass is 9.89. The molecule has 160 valence electrons. The standard InChI is InChI=1S/C24H31N3O3/c1-17(19-9-8-18-6-4-5-7-20(18)14-19)25-23(28)15-27(2)16-24(29)26-21-10-12-22(30-3)13-11-21/h8-14,17H,4-7,15-16H2,1-3H3,(H,25,28)(H,26,29)/t17-/m0/s1. The maximum atomic E-state index is 12.4. The number of fused-ring (bicyclic) bond motifs is 1. The van der Waals surface area contributed by atoms with E-state index in [2.05, 4.69) is 28.8 Å². The Kier molecular flexibility index (Phi) is 7.46. The second-order valence-electron chi connectivity index (χ2n) is 7.97. The average molecular weight is 410 g/mol. The third kappa shape index (κ3) is 6.07. The molecule has 2 amide bonds. The van der Waals surface area contributed by atoms with Crippen LogP contribution in [0, 0.1) is 0 Å². The number of methoxy groups -OCH3 is 1. The van der Waals surface area contributed by atoms with E-state index in [1.165, 1.54) is 24.0 Å². The minimum atomic E-state index is -0.168. The van der Waals surface area contributed by atoms with Crippen molar-refractivity contribution in [3.63, 3.8) is 0 Å². The number of amides is 2. The summed E-state index contributed by atoms with van der Waals surface area (Å²) >= 11 is 0. The third-order valence-corrected chi connectivity index (χ3v) is 5.45. The number of hydrogen-bond donors (Lipinski definition) is 2. The number of aryl methyl sites for hydroxylation is 2. The lowest BCUT2D eigenvalue weighted by Gasteiger charge is -2.21. The number of ether oxygens (including phenoxy) is 1. The van der Waals surface area contributed by atoms with Gasteiger partial charge in [-0.05, 0) is 80.6 Å². The molecule has 3 rings (SSSR count). The predicted molar refractivity (Wildman–Crippen MR) is 119 cm³/mol. The van der Waals surface area contributed by atoms with E-state index in [0.29, 0.717) is 5.69 Å². The SMILES string of the molecule is COc1ccc(NC(=O)CN(C)CC(=O)N[C@@H](C)c2ccc3c(c2)CCCC3)cc1. The molecule has 0 saturated carbocycles. The third-order valence-electron chi connectivity index (χ3n) is 5.45. The molecule has 2 aromatic carbocycles. The molecule has 0 aliphatic heterocycles. The zero-order valence-corrected chi connectivity index (χ0v) is 18.0. The van der Waals surface area contributed by atoms with Crippen molar-refractivity contribution < 1.29 is 14.3 Å². The van der Waals surface area contributed by atoms with Crippen LogP contribution in [-0.4, -0.2) is 44.0 Å². The molecule has 0 aromatic heterocycles. The van der Waals surface area contributed by atoms with E-state index in [4.69, 9.17) is 4.74 Å². The molecule has 6 heteroatoms. The van der Waals surface area contributed by atoms with Gasteiger partial charge in [0.1, 0.15) is 5.75 Å². The van der Waals surface area contributed by atoms with Crippen molar-refractivity contribution in [2.24, 2.45) is 0 Å². The van der Waals surface area contributed by atoms with E-state index >= 15 is 0 Å². The number of carbonyl (C=O) groups is 2. The summed E-state index contributed by atoms with van der Waals surface area (Å²) < 4.78 is 5.11. The summed E-state index contributed by atoms with van der Waals surface area (Å²) in [6, 6.07) is 13.6. The van der Waals surface area contributed by atoms with Crippen LogP contribution in [0.1, 0.15) is 42.5 Å². The second kappa shape index (κ2) is 10.3. The normalized spacial score (nSPS) is 14.0. The van der Waals surface area contributed by atoms with Crippen LogP contribution in [-0.2, 0) is 22.4 Å². The molecule has 1 aliphatic carbocycles. The fraction of sp³-hybridized carbons (Fsp3) is 0.417. The monoisotopic (exact) mass is 409 g/mol. The number of nitrogens with zero attached hydrogens (tertiary/aromatic N) is 1. The number of benzene rings is 2. The van der Waals surface area contributed by atoms with Crippen molar-refractivity contribution >= 4 is 17.5 Å². The molecular weight excluding hydrogens is 378 g/mol. The zero-order valence-electron chi connectivity index (χ0n) is 18.0. The summed E-state index contributed by atoms with van der Waals surface area (Å²) in [6.45, 7) is 2.29. The molecule has 1 atom stereocenters. The van der Waals surface area contributed by atoms with Gasteiger partial charge in [0.15, 0.2) is 0 Å². The fourth-order valence-corrected chi connectivity index (χ4v) is 3.81. The van der Waals surface area contributed by atoms with Crippen LogP contribution in [0.4, 0.5) is 5.69 Å². The minimum Gasteiger partial charge on any atom is -0.497 e. The molecule has 1 aliphatic rings. The molecule has 0 bridgehead atoms. The molecule has 0 heterocycles. The van der Waals surface area contributed by atoms with Gasteiger partial charge >= 0.3 is 0 Å². The highest BCUT2D eigenvalue weighted by Crippen LogP contribution is 2.24. The van der Waals surface area contributed by atoms with Gasteiger partial charge in [-0.25, -0.2) is 0 Å². The van der Waals surface area contributed by atoms with Crippen molar-refractivity contribution in [3.05, 3.63) is 59.2 Å². The molecule has 2 N–H and O–H groups in total. The first kappa shape index (κ1) is 21.8. The number of hydrogen-bond acceptors (Lipinski definition) is 4. The molecule has 0 unspecified atom stereocenters. The van der Waals surface area contributed by atoms with Gasteiger partial charge in [-0.2, -0.15) is 0 Å². The first-order valence-corrected chi connectivity index (χ1v) is 10.5. The Hall–Kier alpha value is -2.86. The molecule has 0 radical (unpaired) electrons. The van der Waals surface area contributed by atoms with Crippen molar-refractivity contribution in [1.82, 2.24) is 10.2 Å². The molecule has 2 aromatic rings. The van der Waals surface area contributed by atoms with E-state index in [0.717, 1.165) is 24.2 Å². The van der Waals surface area contributed by atoms with Gasteiger partial charge in [0.2, 0.25) is 11.8 Å². The number of anilines is 1. The van der Waals surface area contributed by atoms with Crippen molar-refractivity contribution in [2.45, 2.75) is 38.6 Å². The average Bonchev–Trinajstić information content (AvgIpc) is 2.73. The second-order valence-corrected chi connectivity index (χ2v) is 7.97. The number of rotatable bonds is 8. The maximum Gasteiger partial charge on any atom is 0.238 e. The van der Waals surface area contributed by atoms with Crippen molar-refractivity contribution in [3.8, 4) is 5.75 Å². The van der Waals surface area contributed by atoms with Crippen LogP contribution in [0.5, 0.6) is 5.75 Å². The number of carbonyl (C=O) groups excluding carboxylic acids is 2. The van der Waals surface area contributed by atoms with Crippen LogP contribution in [0.25, 0.3) is 0 Å². The Bertz CT molecular complexity index is 880. The summed E-state index contributed by atoms with van der Waals surface area (Å²) in [5, 5.41) is 5.87. The summed E-state index contributed by atoms with van der Waals surface area (Å²) in [5.74, 6) is 0.466. The Labute approximate surface area is 178 Å². The van der Waals surface area contributed by atoms with E-state index in [1.807, 2.05) is 6.92 Å². The highest BCUT2D eigenvalue weighted by molar-refractivity contribution is 5.92. The molecule has 30 heavy (non-hydrogen) atoms. The summed E-state index contributed by atoms with van der Waals surface area (Å²) in [7, 11) is 3.36.